The normalized spacial score (nSPS) is 16.2. The van der Waals surface area contributed by atoms with Crippen LogP contribution in [0, 0.1) is 0 Å². The number of hydrogen-bond acceptors (Lipinski definition) is 7. The van der Waals surface area contributed by atoms with Crippen LogP contribution in [0.25, 0.3) is 6.08 Å². The number of methoxy groups -OCH3 is 4. The van der Waals surface area contributed by atoms with E-state index in [2.05, 4.69) is 10.3 Å². The zero-order valence-electron chi connectivity index (χ0n) is 15.9. The van der Waals surface area contributed by atoms with Crippen molar-refractivity contribution >= 4 is 34.6 Å². The fourth-order valence-electron chi connectivity index (χ4n) is 2.59. The SMILES string of the molecule is COc1ccc(N=C2NC(=O)C(=Cc3cc(OC)c(OC)c(OC)c3)S2)cc1. The summed E-state index contributed by atoms with van der Waals surface area (Å²) < 4.78 is 21.2. The van der Waals surface area contributed by atoms with Crippen molar-refractivity contribution in [1.82, 2.24) is 5.32 Å². The van der Waals surface area contributed by atoms with Crippen LogP contribution >= 0.6 is 11.8 Å². The first-order valence-corrected chi connectivity index (χ1v) is 9.13. The third kappa shape index (κ3) is 4.23. The highest BCUT2D eigenvalue weighted by Crippen LogP contribution is 2.39. The number of amidine groups is 1. The van der Waals surface area contributed by atoms with Crippen LogP contribution in [0.4, 0.5) is 5.69 Å². The summed E-state index contributed by atoms with van der Waals surface area (Å²) in [6.07, 6.45) is 1.75. The first kappa shape index (κ1) is 19.6. The highest BCUT2D eigenvalue weighted by molar-refractivity contribution is 8.18. The van der Waals surface area contributed by atoms with Crippen LogP contribution in [0.1, 0.15) is 5.56 Å². The molecular weight excluding hydrogens is 380 g/mol. The molecule has 1 heterocycles. The van der Waals surface area contributed by atoms with Gasteiger partial charge in [0, 0.05) is 0 Å². The third-order valence-electron chi connectivity index (χ3n) is 3.94. The van der Waals surface area contributed by atoms with Crippen molar-refractivity contribution in [3.8, 4) is 23.0 Å². The number of benzene rings is 2. The summed E-state index contributed by atoms with van der Waals surface area (Å²) in [5.41, 5.74) is 1.47. The second-order valence-electron chi connectivity index (χ2n) is 5.64. The van der Waals surface area contributed by atoms with Gasteiger partial charge in [-0.05, 0) is 59.8 Å². The van der Waals surface area contributed by atoms with E-state index >= 15 is 0 Å². The Bertz CT molecular complexity index is 913. The number of carbonyl (C=O) groups is 1. The number of hydrogen-bond donors (Lipinski definition) is 1. The van der Waals surface area contributed by atoms with Crippen molar-refractivity contribution in [2.24, 2.45) is 4.99 Å². The molecule has 1 aliphatic rings. The summed E-state index contributed by atoms with van der Waals surface area (Å²) in [6.45, 7) is 0. The van der Waals surface area contributed by atoms with Crippen LogP contribution < -0.4 is 24.3 Å². The lowest BCUT2D eigenvalue weighted by molar-refractivity contribution is -0.115. The molecule has 0 unspecified atom stereocenters. The molecule has 0 radical (unpaired) electrons. The van der Waals surface area contributed by atoms with Gasteiger partial charge in [-0.2, -0.15) is 0 Å². The molecule has 3 rings (SSSR count). The summed E-state index contributed by atoms with van der Waals surface area (Å²) in [7, 11) is 6.24. The van der Waals surface area contributed by atoms with Crippen molar-refractivity contribution in [2.45, 2.75) is 0 Å². The molecule has 146 valence electrons. The molecule has 1 amide bonds. The average molecular weight is 400 g/mol. The minimum atomic E-state index is -0.217. The molecule has 7 nitrogen and oxygen atoms in total. The molecule has 1 fully saturated rings. The molecule has 2 aromatic rings. The summed E-state index contributed by atoms with van der Waals surface area (Å²) >= 11 is 1.26. The molecule has 0 aliphatic carbocycles. The molecule has 1 saturated heterocycles. The number of amides is 1. The maximum atomic E-state index is 12.3. The van der Waals surface area contributed by atoms with Gasteiger partial charge in [-0.25, -0.2) is 4.99 Å². The van der Waals surface area contributed by atoms with Crippen LogP contribution in [-0.2, 0) is 4.79 Å². The minimum Gasteiger partial charge on any atom is -0.497 e. The summed E-state index contributed by atoms with van der Waals surface area (Å²) in [5.74, 6) is 2.06. The number of rotatable bonds is 6. The lowest BCUT2D eigenvalue weighted by Crippen LogP contribution is -2.19. The van der Waals surface area contributed by atoms with Gasteiger partial charge in [0.25, 0.3) is 5.91 Å². The molecule has 1 aliphatic heterocycles. The summed E-state index contributed by atoms with van der Waals surface area (Å²) in [5, 5.41) is 3.28. The van der Waals surface area contributed by atoms with E-state index in [0.717, 1.165) is 17.0 Å². The summed E-state index contributed by atoms with van der Waals surface area (Å²) in [4.78, 5) is 17.3. The first-order valence-electron chi connectivity index (χ1n) is 8.31. The van der Waals surface area contributed by atoms with Gasteiger partial charge in [0.1, 0.15) is 5.75 Å². The number of nitrogens with one attached hydrogen (secondary N) is 1. The van der Waals surface area contributed by atoms with E-state index in [-0.39, 0.29) is 5.91 Å². The Morgan fingerprint density at radius 2 is 1.57 bits per heavy atom. The number of nitrogens with zero attached hydrogens (tertiary/aromatic N) is 1. The minimum absolute atomic E-state index is 0.217. The van der Waals surface area contributed by atoms with Gasteiger partial charge in [0.2, 0.25) is 5.75 Å². The van der Waals surface area contributed by atoms with Crippen LogP contribution in [0.2, 0.25) is 0 Å². The van der Waals surface area contributed by atoms with Crippen LogP contribution in [0.5, 0.6) is 23.0 Å². The Morgan fingerprint density at radius 1 is 0.929 bits per heavy atom. The molecule has 1 N–H and O–H groups in total. The lowest BCUT2D eigenvalue weighted by Gasteiger charge is -2.12. The van der Waals surface area contributed by atoms with Gasteiger partial charge in [0.05, 0.1) is 39.0 Å². The Kier molecular flexibility index (Phi) is 6.10. The first-order chi connectivity index (χ1) is 13.6. The molecule has 0 bridgehead atoms. The molecule has 2 aromatic carbocycles. The van der Waals surface area contributed by atoms with E-state index in [4.69, 9.17) is 18.9 Å². The van der Waals surface area contributed by atoms with E-state index in [9.17, 15) is 4.79 Å². The number of ether oxygens (including phenoxy) is 4. The Balaban J connectivity index is 1.87. The van der Waals surface area contributed by atoms with Crippen LogP contribution in [0.15, 0.2) is 46.3 Å². The standard InChI is InChI=1S/C20H20N2O5S/c1-24-14-7-5-13(6-8-14)21-20-22-19(23)17(28-20)11-12-9-15(25-2)18(27-4)16(10-12)26-3/h5-11H,1-4H3,(H,21,22,23). The van der Waals surface area contributed by atoms with Crippen molar-refractivity contribution < 1.29 is 23.7 Å². The Labute approximate surface area is 167 Å². The highest BCUT2D eigenvalue weighted by atomic mass is 32.2. The molecule has 8 heteroatoms. The average Bonchev–Trinajstić information content (AvgIpc) is 3.06. The fraction of sp³-hybridized carbons (Fsp3) is 0.200. The summed E-state index contributed by atoms with van der Waals surface area (Å²) in [6, 6.07) is 10.8. The van der Waals surface area contributed by atoms with E-state index < -0.39 is 0 Å². The predicted molar refractivity (Wildman–Crippen MR) is 110 cm³/mol. The topological polar surface area (TPSA) is 78.4 Å². The van der Waals surface area contributed by atoms with E-state index in [1.54, 1.807) is 46.6 Å². The van der Waals surface area contributed by atoms with Gasteiger partial charge in [-0.3, -0.25) is 4.79 Å². The number of carbonyl (C=O) groups excluding carboxylic acids is 1. The van der Waals surface area contributed by atoms with Gasteiger partial charge in [0.15, 0.2) is 16.7 Å². The van der Waals surface area contributed by atoms with Gasteiger partial charge in [-0.1, -0.05) is 0 Å². The second-order valence-corrected chi connectivity index (χ2v) is 6.67. The molecule has 0 saturated carbocycles. The lowest BCUT2D eigenvalue weighted by atomic mass is 10.1. The predicted octanol–water partition coefficient (Wildman–Crippen LogP) is 3.61. The molecule has 0 spiro atoms. The van der Waals surface area contributed by atoms with Crippen molar-refractivity contribution in [3.05, 3.63) is 46.9 Å². The maximum absolute atomic E-state index is 12.3. The van der Waals surface area contributed by atoms with Gasteiger partial charge in [-0.15, -0.1) is 0 Å². The van der Waals surface area contributed by atoms with Crippen molar-refractivity contribution in [1.29, 1.82) is 0 Å². The monoisotopic (exact) mass is 400 g/mol. The van der Waals surface area contributed by atoms with E-state index in [1.165, 1.54) is 11.8 Å². The van der Waals surface area contributed by atoms with E-state index in [1.807, 2.05) is 24.3 Å². The molecular formula is C20H20N2O5S. The highest BCUT2D eigenvalue weighted by Gasteiger charge is 2.24. The Morgan fingerprint density at radius 3 is 2.11 bits per heavy atom. The largest absolute Gasteiger partial charge is 0.497 e. The Hall–Kier alpha value is -3.13. The maximum Gasteiger partial charge on any atom is 0.264 e. The molecule has 0 aromatic heterocycles. The molecule has 28 heavy (non-hydrogen) atoms. The number of aliphatic imine (C=N–C) groups is 1. The van der Waals surface area contributed by atoms with E-state index in [0.29, 0.717) is 27.3 Å². The zero-order valence-corrected chi connectivity index (χ0v) is 16.8. The number of thioether (sulfide) groups is 1. The van der Waals surface area contributed by atoms with Gasteiger partial charge < -0.3 is 24.3 Å². The fourth-order valence-corrected chi connectivity index (χ4v) is 3.43. The van der Waals surface area contributed by atoms with Crippen molar-refractivity contribution in [2.75, 3.05) is 28.4 Å². The van der Waals surface area contributed by atoms with Gasteiger partial charge >= 0.3 is 0 Å². The van der Waals surface area contributed by atoms with Crippen molar-refractivity contribution in [3.63, 3.8) is 0 Å². The quantitative estimate of drug-likeness (QED) is 0.747. The third-order valence-corrected chi connectivity index (χ3v) is 4.85. The zero-order chi connectivity index (χ0) is 20.1. The second kappa shape index (κ2) is 8.71. The molecule has 0 atom stereocenters. The smallest absolute Gasteiger partial charge is 0.264 e. The van der Waals surface area contributed by atoms with Crippen LogP contribution in [-0.4, -0.2) is 39.5 Å². The van der Waals surface area contributed by atoms with Crippen LogP contribution in [0.3, 0.4) is 0 Å².